The van der Waals surface area contributed by atoms with E-state index in [4.69, 9.17) is 16.3 Å². The molecule has 1 aromatic carbocycles. The van der Waals surface area contributed by atoms with Crippen LogP contribution in [0.15, 0.2) is 36.7 Å². The molecule has 0 aliphatic rings. The van der Waals surface area contributed by atoms with Gasteiger partial charge in [-0.05, 0) is 17.7 Å². The normalized spacial score (nSPS) is 12.5. The summed E-state index contributed by atoms with van der Waals surface area (Å²) >= 11 is 5.80. The van der Waals surface area contributed by atoms with Crippen molar-refractivity contribution in [2.24, 2.45) is 0 Å². The largest absolute Gasteiger partial charge is 0.389 e. The molecule has 2 N–H and O–H groups in total. The van der Waals surface area contributed by atoms with E-state index in [2.05, 4.69) is 15.6 Å². The molecule has 0 aliphatic carbocycles. The summed E-state index contributed by atoms with van der Waals surface area (Å²) in [5.41, 5.74) is 1.03. The third-order valence-corrected chi connectivity index (χ3v) is 3.11. The number of nitrogens with one attached hydrogen (secondary N) is 1. The Morgan fingerprint density at radius 2 is 2.14 bits per heavy atom. The fraction of sp³-hybridized carbons (Fsp3) is 0.429. The molecule has 7 heteroatoms. The molecule has 2 aromatic rings. The first-order chi connectivity index (χ1) is 10.2. The first-order valence-corrected chi connectivity index (χ1v) is 7.17. The maximum absolute atomic E-state index is 9.79. The van der Waals surface area contributed by atoms with Gasteiger partial charge in [0.2, 0.25) is 0 Å². The van der Waals surface area contributed by atoms with Crippen LogP contribution in [0, 0.1) is 0 Å². The molecular weight excluding hydrogens is 292 g/mol. The minimum absolute atomic E-state index is 0.291. The Kier molecular flexibility index (Phi) is 6.62. The number of aliphatic hydroxyl groups is 1. The average molecular weight is 311 g/mol. The summed E-state index contributed by atoms with van der Waals surface area (Å²) in [7, 11) is 0. The molecule has 6 nitrogen and oxygen atoms in total. The summed E-state index contributed by atoms with van der Waals surface area (Å²) in [6, 6.07) is 7.46. The van der Waals surface area contributed by atoms with E-state index in [-0.39, 0.29) is 0 Å². The molecule has 0 saturated carbocycles. The average Bonchev–Trinajstić information content (AvgIpc) is 2.99. The summed E-state index contributed by atoms with van der Waals surface area (Å²) in [4.78, 5) is 0. The zero-order chi connectivity index (χ0) is 14.9. The monoisotopic (exact) mass is 310 g/mol. The number of ether oxygens (including phenoxy) is 1. The van der Waals surface area contributed by atoms with Gasteiger partial charge in [-0.3, -0.25) is 4.68 Å². The van der Waals surface area contributed by atoms with Crippen molar-refractivity contribution < 1.29 is 9.84 Å². The number of halogens is 1. The molecule has 0 spiro atoms. The van der Waals surface area contributed by atoms with E-state index >= 15 is 0 Å². The van der Waals surface area contributed by atoms with E-state index in [1.807, 2.05) is 24.3 Å². The molecule has 0 fully saturated rings. The predicted octanol–water partition coefficient (Wildman–Crippen LogP) is 1.10. The Bertz CT molecular complexity index is 504. The van der Waals surface area contributed by atoms with Crippen LogP contribution in [0.4, 0.5) is 0 Å². The van der Waals surface area contributed by atoms with Gasteiger partial charge >= 0.3 is 0 Å². The van der Waals surface area contributed by atoms with Gasteiger partial charge in [-0.25, -0.2) is 0 Å². The van der Waals surface area contributed by atoms with E-state index in [0.717, 1.165) is 18.7 Å². The molecule has 2 rings (SSSR count). The van der Waals surface area contributed by atoms with Crippen molar-refractivity contribution in [3.05, 3.63) is 47.2 Å². The second kappa shape index (κ2) is 8.74. The van der Waals surface area contributed by atoms with Gasteiger partial charge in [-0.1, -0.05) is 28.9 Å². The van der Waals surface area contributed by atoms with E-state index in [0.29, 0.717) is 24.8 Å². The molecule has 0 saturated heterocycles. The number of nitrogens with zero attached hydrogens (tertiary/aromatic N) is 3. The fourth-order valence-corrected chi connectivity index (χ4v) is 1.89. The quantitative estimate of drug-likeness (QED) is 0.679. The molecule has 1 heterocycles. The first kappa shape index (κ1) is 15.9. The highest BCUT2D eigenvalue weighted by molar-refractivity contribution is 6.30. The molecule has 0 amide bonds. The van der Waals surface area contributed by atoms with Crippen LogP contribution in [0.5, 0.6) is 0 Å². The third-order valence-electron chi connectivity index (χ3n) is 2.86. The standard InChI is InChI=1S/C14H19ClN4O2/c15-13-3-1-12(2-4-13)10-21-11-14(20)9-16-5-7-19-8-6-17-18-19/h1-4,6,8,14,16,20H,5,7,9-11H2. The van der Waals surface area contributed by atoms with Crippen LogP contribution in [0.3, 0.4) is 0 Å². The van der Waals surface area contributed by atoms with Crippen LogP contribution < -0.4 is 5.32 Å². The summed E-state index contributed by atoms with van der Waals surface area (Å²) in [5, 5.41) is 21.2. The van der Waals surface area contributed by atoms with Crippen molar-refractivity contribution in [2.75, 3.05) is 19.7 Å². The second-order valence-corrected chi connectivity index (χ2v) is 5.10. The highest BCUT2D eigenvalue weighted by Gasteiger charge is 2.04. The minimum atomic E-state index is -0.534. The maximum Gasteiger partial charge on any atom is 0.0897 e. The van der Waals surface area contributed by atoms with Crippen LogP contribution in [-0.2, 0) is 17.9 Å². The van der Waals surface area contributed by atoms with Gasteiger partial charge in [0.1, 0.15) is 0 Å². The van der Waals surface area contributed by atoms with Crippen molar-refractivity contribution in [2.45, 2.75) is 19.3 Å². The minimum Gasteiger partial charge on any atom is -0.389 e. The maximum atomic E-state index is 9.79. The summed E-state index contributed by atoms with van der Waals surface area (Å²) in [6.07, 6.45) is 2.90. The van der Waals surface area contributed by atoms with Crippen molar-refractivity contribution >= 4 is 11.6 Å². The Labute approximate surface area is 128 Å². The Morgan fingerprint density at radius 1 is 1.33 bits per heavy atom. The van der Waals surface area contributed by atoms with E-state index in [1.165, 1.54) is 0 Å². The zero-order valence-corrected chi connectivity index (χ0v) is 12.4. The Hall–Kier alpha value is -1.47. The number of aromatic nitrogens is 3. The van der Waals surface area contributed by atoms with Crippen molar-refractivity contribution in [1.29, 1.82) is 0 Å². The molecule has 0 radical (unpaired) electrons. The third kappa shape index (κ3) is 6.22. The lowest BCUT2D eigenvalue weighted by molar-refractivity contribution is 0.0288. The van der Waals surface area contributed by atoms with Crippen LogP contribution in [0.1, 0.15) is 5.56 Å². The van der Waals surface area contributed by atoms with Gasteiger partial charge in [0.25, 0.3) is 0 Å². The highest BCUT2D eigenvalue weighted by Crippen LogP contribution is 2.10. The number of hydrogen-bond donors (Lipinski definition) is 2. The Balaban J connectivity index is 1.53. The van der Waals surface area contributed by atoms with Crippen LogP contribution in [0.25, 0.3) is 0 Å². The lowest BCUT2D eigenvalue weighted by atomic mass is 10.2. The van der Waals surface area contributed by atoms with Gasteiger partial charge < -0.3 is 15.2 Å². The summed E-state index contributed by atoms with van der Waals surface area (Å²) < 4.78 is 7.20. The van der Waals surface area contributed by atoms with Crippen LogP contribution in [0.2, 0.25) is 5.02 Å². The van der Waals surface area contributed by atoms with E-state index in [9.17, 15) is 5.11 Å². The lowest BCUT2D eigenvalue weighted by Crippen LogP contribution is -2.32. The number of aliphatic hydroxyl groups excluding tert-OH is 1. The lowest BCUT2D eigenvalue weighted by Gasteiger charge is -2.12. The fourth-order valence-electron chi connectivity index (χ4n) is 1.77. The molecule has 0 bridgehead atoms. The highest BCUT2D eigenvalue weighted by atomic mass is 35.5. The van der Waals surface area contributed by atoms with Crippen LogP contribution in [-0.4, -0.2) is 45.9 Å². The number of rotatable bonds is 9. The molecule has 1 unspecified atom stereocenters. The molecule has 1 aromatic heterocycles. The van der Waals surface area contributed by atoms with Crippen LogP contribution >= 0.6 is 11.6 Å². The molecule has 114 valence electrons. The second-order valence-electron chi connectivity index (χ2n) is 4.67. The summed E-state index contributed by atoms with van der Waals surface area (Å²) in [5.74, 6) is 0. The van der Waals surface area contributed by atoms with Gasteiger partial charge in [0, 0.05) is 24.3 Å². The topological polar surface area (TPSA) is 72.2 Å². The van der Waals surface area contributed by atoms with Crippen molar-refractivity contribution in [1.82, 2.24) is 20.3 Å². The predicted molar refractivity (Wildman–Crippen MR) is 80.0 cm³/mol. The molecule has 21 heavy (non-hydrogen) atoms. The number of hydrogen-bond acceptors (Lipinski definition) is 5. The summed E-state index contributed by atoms with van der Waals surface area (Å²) in [6.45, 7) is 2.68. The SMILES string of the molecule is OC(CNCCn1ccnn1)COCc1ccc(Cl)cc1. The Morgan fingerprint density at radius 3 is 2.86 bits per heavy atom. The smallest absolute Gasteiger partial charge is 0.0897 e. The van der Waals surface area contributed by atoms with Crippen molar-refractivity contribution in [3.8, 4) is 0 Å². The van der Waals surface area contributed by atoms with E-state index in [1.54, 1.807) is 17.1 Å². The molecule has 0 aliphatic heterocycles. The van der Waals surface area contributed by atoms with Gasteiger partial charge in [0.15, 0.2) is 0 Å². The van der Waals surface area contributed by atoms with Gasteiger partial charge in [0.05, 0.1) is 32.1 Å². The number of benzene rings is 1. The molecule has 1 atom stereocenters. The van der Waals surface area contributed by atoms with Crippen molar-refractivity contribution in [3.63, 3.8) is 0 Å². The zero-order valence-electron chi connectivity index (χ0n) is 11.7. The van der Waals surface area contributed by atoms with Gasteiger partial charge in [-0.15, -0.1) is 5.10 Å². The molecular formula is C14H19ClN4O2. The first-order valence-electron chi connectivity index (χ1n) is 6.79. The van der Waals surface area contributed by atoms with Gasteiger partial charge in [-0.2, -0.15) is 0 Å². The van der Waals surface area contributed by atoms with E-state index < -0.39 is 6.10 Å².